The molecule has 2 rings (SSSR count). The number of nitrogens with one attached hydrogen (secondary N) is 2. The van der Waals surface area contributed by atoms with Gasteiger partial charge < -0.3 is 15.4 Å². The van der Waals surface area contributed by atoms with Gasteiger partial charge in [0.1, 0.15) is 12.4 Å². The molecule has 0 spiro atoms. The summed E-state index contributed by atoms with van der Waals surface area (Å²) >= 11 is 0. The summed E-state index contributed by atoms with van der Waals surface area (Å²) in [4.78, 5) is 11.6. The second kappa shape index (κ2) is 7.53. The number of hydrogen-bond acceptors (Lipinski definition) is 2. The molecule has 0 fully saturated rings. The van der Waals surface area contributed by atoms with Gasteiger partial charge in [0.05, 0.1) is 12.1 Å². The molecule has 0 unspecified atom stereocenters. The average molecular weight is 324 g/mol. The molecule has 0 bridgehead atoms. The van der Waals surface area contributed by atoms with Crippen LogP contribution >= 0.6 is 0 Å². The summed E-state index contributed by atoms with van der Waals surface area (Å²) in [5, 5.41) is 5.00. The first-order valence-electron chi connectivity index (χ1n) is 6.85. The van der Waals surface area contributed by atoms with E-state index in [1.807, 2.05) is 18.2 Å². The fraction of sp³-hybridized carbons (Fsp3) is 0.188. The molecule has 7 heteroatoms. The van der Waals surface area contributed by atoms with Crippen molar-refractivity contribution in [2.24, 2.45) is 0 Å². The van der Waals surface area contributed by atoms with E-state index >= 15 is 0 Å². The van der Waals surface area contributed by atoms with Crippen LogP contribution in [0.5, 0.6) is 5.75 Å². The third kappa shape index (κ3) is 5.54. The SMILES string of the molecule is O=C(NCCOc1ccccc1)Nc1ccc(C(F)(F)F)cc1. The summed E-state index contributed by atoms with van der Waals surface area (Å²) in [6.45, 7) is 0.547. The molecular weight excluding hydrogens is 309 g/mol. The van der Waals surface area contributed by atoms with Gasteiger partial charge in [-0.2, -0.15) is 13.2 Å². The smallest absolute Gasteiger partial charge is 0.416 e. The molecular formula is C16H15F3N2O2. The van der Waals surface area contributed by atoms with Crippen molar-refractivity contribution >= 4 is 11.7 Å². The fourth-order valence-electron chi connectivity index (χ4n) is 1.77. The van der Waals surface area contributed by atoms with Crippen molar-refractivity contribution in [3.05, 3.63) is 60.2 Å². The van der Waals surface area contributed by atoms with Crippen LogP contribution in [-0.2, 0) is 6.18 Å². The predicted molar refractivity (Wildman–Crippen MR) is 80.4 cm³/mol. The maximum Gasteiger partial charge on any atom is 0.416 e. The Balaban J connectivity index is 1.72. The van der Waals surface area contributed by atoms with E-state index in [4.69, 9.17) is 4.74 Å². The predicted octanol–water partition coefficient (Wildman–Crippen LogP) is 3.91. The van der Waals surface area contributed by atoms with Crippen molar-refractivity contribution in [3.8, 4) is 5.75 Å². The average Bonchev–Trinajstić information content (AvgIpc) is 2.52. The lowest BCUT2D eigenvalue weighted by molar-refractivity contribution is -0.137. The normalized spacial score (nSPS) is 10.9. The lowest BCUT2D eigenvalue weighted by Crippen LogP contribution is -2.32. The molecule has 0 aliphatic carbocycles. The Bertz CT molecular complexity index is 628. The van der Waals surface area contributed by atoms with Gasteiger partial charge in [-0.1, -0.05) is 18.2 Å². The molecule has 0 saturated carbocycles. The maximum atomic E-state index is 12.4. The van der Waals surface area contributed by atoms with Crippen LogP contribution in [0.25, 0.3) is 0 Å². The molecule has 4 nitrogen and oxygen atoms in total. The number of halogens is 3. The molecule has 0 radical (unpaired) electrons. The largest absolute Gasteiger partial charge is 0.492 e. The molecule has 23 heavy (non-hydrogen) atoms. The first-order chi connectivity index (χ1) is 10.9. The van der Waals surface area contributed by atoms with Gasteiger partial charge in [0, 0.05) is 5.69 Å². The first-order valence-corrected chi connectivity index (χ1v) is 6.85. The van der Waals surface area contributed by atoms with Gasteiger partial charge in [-0.05, 0) is 36.4 Å². The summed E-state index contributed by atoms with van der Waals surface area (Å²) in [5.74, 6) is 0.692. The van der Waals surface area contributed by atoms with E-state index in [-0.39, 0.29) is 18.8 Å². The van der Waals surface area contributed by atoms with E-state index in [0.29, 0.717) is 5.75 Å². The molecule has 122 valence electrons. The summed E-state index contributed by atoms with van der Waals surface area (Å²) in [7, 11) is 0. The Kier molecular flexibility index (Phi) is 5.46. The highest BCUT2D eigenvalue weighted by Crippen LogP contribution is 2.29. The van der Waals surface area contributed by atoms with Crippen molar-refractivity contribution in [1.82, 2.24) is 5.32 Å². The topological polar surface area (TPSA) is 50.4 Å². The number of benzene rings is 2. The fourth-order valence-corrected chi connectivity index (χ4v) is 1.77. The van der Waals surface area contributed by atoms with E-state index < -0.39 is 17.8 Å². The van der Waals surface area contributed by atoms with Crippen LogP contribution in [0.1, 0.15) is 5.56 Å². The van der Waals surface area contributed by atoms with E-state index in [9.17, 15) is 18.0 Å². The van der Waals surface area contributed by atoms with Gasteiger partial charge in [-0.15, -0.1) is 0 Å². The number of para-hydroxylation sites is 1. The van der Waals surface area contributed by atoms with Gasteiger partial charge in [0.15, 0.2) is 0 Å². The van der Waals surface area contributed by atoms with Crippen LogP contribution in [0.2, 0.25) is 0 Å². The minimum absolute atomic E-state index is 0.265. The van der Waals surface area contributed by atoms with Gasteiger partial charge in [0.2, 0.25) is 0 Å². The molecule has 2 N–H and O–H groups in total. The standard InChI is InChI=1S/C16H15F3N2O2/c17-16(18,19)12-6-8-13(9-7-12)21-15(22)20-10-11-23-14-4-2-1-3-5-14/h1-9H,10-11H2,(H2,20,21,22). The second-order valence-corrected chi connectivity index (χ2v) is 4.62. The third-order valence-corrected chi connectivity index (χ3v) is 2.87. The molecule has 2 aromatic carbocycles. The van der Waals surface area contributed by atoms with E-state index in [1.165, 1.54) is 12.1 Å². The number of carbonyl (C=O) groups is 1. The minimum Gasteiger partial charge on any atom is -0.492 e. The monoisotopic (exact) mass is 324 g/mol. The van der Waals surface area contributed by atoms with Crippen LogP contribution in [0.15, 0.2) is 54.6 Å². The summed E-state index contributed by atoms with van der Waals surface area (Å²) in [6, 6.07) is 12.8. The zero-order valence-corrected chi connectivity index (χ0v) is 12.1. The lowest BCUT2D eigenvalue weighted by Gasteiger charge is -2.10. The van der Waals surface area contributed by atoms with E-state index in [2.05, 4.69) is 10.6 Å². The van der Waals surface area contributed by atoms with Crippen molar-refractivity contribution in [2.75, 3.05) is 18.5 Å². The number of alkyl halides is 3. The van der Waals surface area contributed by atoms with Crippen LogP contribution < -0.4 is 15.4 Å². The molecule has 0 saturated heterocycles. The Labute approximate surface area is 131 Å². The molecule has 0 aliphatic heterocycles. The molecule has 0 atom stereocenters. The maximum absolute atomic E-state index is 12.4. The summed E-state index contributed by atoms with van der Waals surface area (Å²) in [5.41, 5.74) is -0.487. The number of anilines is 1. The zero-order chi connectivity index (χ0) is 16.7. The minimum atomic E-state index is -4.39. The number of hydrogen-bond donors (Lipinski definition) is 2. The van der Waals surface area contributed by atoms with Crippen molar-refractivity contribution in [3.63, 3.8) is 0 Å². The molecule has 0 aromatic heterocycles. The molecule has 0 heterocycles. The Morgan fingerprint density at radius 2 is 1.65 bits per heavy atom. The summed E-state index contributed by atoms with van der Waals surface area (Å²) < 4.78 is 42.6. The van der Waals surface area contributed by atoms with Crippen molar-refractivity contribution in [2.45, 2.75) is 6.18 Å². The van der Waals surface area contributed by atoms with Crippen molar-refractivity contribution in [1.29, 1.82) is 0 Å². The summed E-state index contributed by atoms with van der Waals surface area (Å²) in [6.07, 6.45) is -4.39. The molecule has 0 aliphatic rings. The Morgan fingerprint density at radius 1 is 1.00 bits per heavy atom. The van der Waals surface area contributed by atoms with Crippen LogP contribution in [0, 0.1) is 0 Å². The van der Waals surface area contributed by atoms with Crippen LogP contribution in [-0.4, -0.2) is 19.2 Å². The highest BCUT2D eigenvalue weighted by molar-refractivity contribution is 5.89. The first kappa shape index (κ1) is 16.7. The number of amides is 2. The van der Waals surface area contributed by atoms with Crippen LogP contribution in [0.4, 0.5) is 23.7 Å². The van der Waals surface area contributed by atoms with Gasteiger partial charge in [-0.25, -0.2) is 4.79 Å². The van der Waals surface area contributed by atoms with E-state index in [1.54, 1.807) is 12.1 Å². The molecule has 2 amide bonds. The van der Waals surface area contributed by atoms with Gasteiger partial charge >= 0.3 is 12.2 Å². The molecule has 2 aromatic rings. The third-order valence-electron chi connectivity index (χ3n) is 2.87. The Hall–Kier alpha value is -2.70. The lowest BCUT2D eigenvalue weighted by atomic mass is 10.2. The van der Waals surface area contributed by atoms with Gasteiger partial charge in [-0.3, -0.25) is 0 Å². The zero-order valence-electron chi connectivity index (χ0n) is 12.1. The number of rotatable bonds is 5. The van der Waals surface area contributed by atoms with E-state index in [0.717, 1.165) is 12.1 Å². The number of carbonyl (C=O) groups excluding carboxylic acids is 1. The van der Waals surface area contributed by atoms with Crippen molar-refractivity contribution < 1.29 is 22.7 Å². The quantitative estimate of drug-likeness (QED) is 0.820. The Morgan fingerprint density at radius 3 is 2.26 bits per heavy atom. The highest BCUT2D eigenvalue weighted by atomic mass is 19.4. The number of ether oxygens (including phenoxy) is 1. The van der Waals surface area contributed by atoms with Gasteiger partial charge in [0.25, 0.3) is 0 Å². The highest BCUT2D eigenvalue weighted by Gasteiger charge is 2.29. The number of urea groups is 1. The second-order valence-electron chi connectivity index (χ2n) is 4.62. The van der Waals surface area contributed by atoms with Crippen LogP contribution in [0.3, 0.4) is 0 Å².